The molecule has 0 saturated heterocycles. The molecule has 0 aromatic heterocycles. The Morgan fingerprint density at radius 3 is 2.25 bits per heavy atom. The van der Waals surface area contributed by atoms with Crippen LogP contribution in [0.4, 0.5) is 0 Å². The summed E-state index contributed by atoms with van der Waals surface area (Å²) in [6.45, 7) is 9.36. The molecule has 0 heterocycles. The van der Waals surface area contributed by atoms with E-state index in [1.807, 2.05) is 0 Å². The molecule has 0 nitrogen and oxygen atoms in total. The Hall–Kier alpha value is 0.130. The molecule has 0 radical (unpaired) electrons. The van der Waals surface area contributed by atoms with E-state index in [2.05, 4.69) is 27.7 Å². The Balaban J connectivity index is 3.33. The summed E-state index contributed by atoms with van der Waals surface area (Å²) in [6.07, 6.45) is 11.4. The van der Waals surface area contributed by atoms with E-state index in [-0.39, 0.29) is 0 Å². The molecule has 0 fully saturated rings. The lowest BCUT2D eigenvalue weighted by atomic mass is 9.35. The van der Waals surface area contributed by atoms with E-state index in [0.717, 1.165) is 11.8 Å². The second kappa shape index (κ2) is 11.6. The van der Waals surface area contributed by atoms with Gasteiger partial charge in [0, 0.05) is 0 Å². The van der Waals surface area contributed by atoms with Crippen LogP contribution in [0, 0.1) is 11.8 Å². The van der Waals surface area contributed by atoms with Crippen LogP contribution in [0.25, 0.3) is 0 Å². The highest BCUT2D eigenvalue weighted by atomic mass is 14.1. The Morgan fingerprint density at radius 1 is 0.938 bits per heavy atom. The predicted octanol–water partition coefficient (Wildman–Crippen LogP) is 4.26. The van der Waals surface area contributed by atoms with Gasteiger partial charge in [-0.2, -0.15) is 0 Å². The van der Waals surface area contributed by atoms with E-state index in [1.54, 1.807) is 0 Å². The molecule has 2 heteroatoms. The van der Waals surface area contributed by atoms with E-state index in [0.29, 0.717) is 0 Å². The van der Waals surface area contributed by atoms with Crippen LogP contribution in [0.2, 0.25) is 12.6 Å². The van der Waals surface area contributed by atoms with Gasteiger partial charge < -0.3 is 0 Å². The van der Waals surface area contributed by atoms with Crippen molar-refractivity contribution in [2.75, 3.05) is 0 Å². The first kappa shape index (κ1) is 16.1. The zero-order chi connectivity index (χ0) is 12.2. The van der Waals surface area contributed by atoms with Crippen LogP contribution in [0.5, 0.6) is 0 Å². The van der Waals surface area contributed by atoms with Gasteiger partial charge in [0.2, 0.25) is 0 Å². The van der Waals surface area contributed by atoms with E-state index >= 15 is 0 Å². The van der Waals surface area contributed by atoms with Crippen molar-refractivity contribution in [1.82, 2.24) is 0 Å². The van der Waals surface area contributed by atoms with Gasteiger partial charge >= 0.3 is 0 Å². The molecule has 0 spiro atoms. The lowest BCUT2D eigenvalue weighted by molar-refractivity contribution is 0.438. The smallest absolute Gasteiger partial charge is 0.0843 e. The third-order valence-electron chi connectivity index (χ3n) is 4.05. The van der Waals surface area contributed by atoms with Gasteiger partial charge in [-0.3, -0.25) is 0 Å². The highest BCUT2D eigenvalue weighted by Crippen LogP contribution is 2.18. The Labute approximate surface area is 105 Å². The molecule has 0 saturated carbocycles. The average molecular weight is 222 g/mol. The van der Waals surface area contributed by atoms with Crippen LogP contribution in [-0.4, -0.2) is 14.3 Å². The van der Waals surface area contributed by atoms with Crippen molar-refractivity contribution in [1.29, 1.82) is 0 Å². The summed E-state index contributed by atoms with van der Waals surface area (Å²) >= 11 is 0. The van der Waals surface area contributed by atoms with Crippen molar-refractivity contribution < 1.29 is 0 Å². The zero-order valence-corrected chi connectivity index (χ0v) is 12.2. The van der Waals surface area contributed by atoms with Gasteiger partial charge in [0.1, 0.15) is 0 Å². The van der Waals surface area contributed by atoms with E-state index in [4.69, 9.17) is 0 Å². The molecule has 0 aliphatic heterocycles. The number of unbranched alkanes of at least 4 members (excludes halogenated alkanes) is 1. The van der Waals surface area contributed by atoms with Crippen molar-refractivity contribution in [2.45, 2.75) is 78.9 Å². The number of hydrogen-bond donors (Lipinski definition) is 0. The van der Waals surface area contributed by atoms with Crippen LogP contribution in [0.3, 0.4) is 0 Å². The minimum absolute atomic E-state index is 0.946. The van der Waals surface area contributed by atoms with Gasteiger partial charge in [-0.25, -0.2) is 0 Å². The molecule has 0 aromatic carbocycles. The molecule has 0 aliphatic rings. The summed E-state index contributed by atoms with van der Waals surface area (Å²) in [7, 11) is 2.92. The van der Waals surface area contributed by atoms with E-state index < -0.39 is 0 Å². The Kier molecular flexibility index (Phi) is 11.7. The van der Waals surface area contributed by atoms with E-state index in [9.17, 15) is 0 Å². The second-order valence-electron chi connectivity index (χ2n) is 5.57. The molecule has 94 valence electrons. The first-order valence-electron chi connectivity index (χ1n) is 7.74. The highest BCUT2D eigenvalue weighted by molar-refractivity contribution is 7.00. The lowest BCUT2D eigenvalue weighted by Crippen LogP contribution is -2.09. The van der Waals surface area contributed by atoms with Crippen molar-refractivity contribution in [2.24, 2.45) is 11.8 Å². The SMILES string of the molecule is CCCCC(CC)CCBBCC(C)CC. The minimum Gasteiger partial charge on any atom is -0.0843 e. The fourth-order valence-corrected chi connectivity index (χ4v) is 2.35. The van der Waals surface area contributed by atoms with E-state index in [1.165, 1.54) is 65.5 Å². The fourth-order valence-electron chi connectivity index (χ4n) is 2.35. The lowest BCUT2D eigenvalue weighted by Gasteiger charge is -2.13. The van der Waals surface area contributed by atoms with Crippen molar-refractivity contribution in [3.63, 3.8) is 0 Å². The van der Waals surface area contributed by atoms with Crippen molar-refractivity contribution in [3.05, 3.63) is 0 Å². The van der Waals surface area contributed by atoms with Crippen LogP contribution < -0.4 is 0 Å². The molecule has 2 unspecified atom stereocenters. The molecule has 0 rings (SSSR count). The molecular formula is C14H32B2. The zero-order valence-electron chi connectivity index (χ0n) is 12.2. The van der Waals surface area contributed by atoms with Gasteiger partial charge in [-0.15, -0.1) is 0 Å². The standard InChI is InChI=1S/C14H32B2/c1-5-8-9-14(7-3)10-11-15-16-12-13(4)6-2/h13-16H,5-12H2,1-4H3. The van der Waals surface area contributed by atoms with Gasteiger partial charge in [0.05, 0.1) is 14.3 Å². The Morgan fingerprint density at radius 2 is 1.69 bits per heavy atom. The van der Waals surface area contributed by atoms with Gasteiger partial charge in [0.15, 0.2) is 0 Å². The summed E-state index contributed by atoms with van der Waals surface area (Å²) in [5.41, 5.74) is 0. The molecule has 0 aromatic rings. The summed E-state index contributed by atoms with van der Waals surface area (Å²) in [5, 5.41) is 0. The molecular weight excluding hydrogens is 190 g/mol. The first-order chi connectivity index (χ1) is 7.74. The van der Waals surface area contributed by atoms with Crippen LogP contribution in [0.15, 0.2) is 0 Å². The van der Waals surface area contributed by atoms with Gasteiger partial charge in [0.25, 0.3) is 0 Å². The predicted molar refractivity (Wildman–Crippen MR) is 81.3 cm³/mol. The molecule has 0 aliphatic carbocycles. The topological polar surface area (TPSA) is 0 Å². The maximum atomic E-state index is 2.39. The summed E-state index contributed by atoms with van der Waals surface area (Å²) in [6, 6.07) is 0. The van der Waals surface area contributed by atoms with Crippen LogP contribution in [-0.2, 0) is 0 Å². The summed E-state index contributed by atoms with van der Waals surface area (Å²) in [5.74, 6) is 1.96. The maximum absolute atomic E-state index is 2.39. The molecule has 16 heavy (non-hydrogen) atoms. The molecule has 2 atom stereocenters. The molecule has 0 amide bonds. The quantitative estimate of drug-likeness (QED) is 0.361. The number of rotatable bonds is 11. The third-order valence-corrected chi connectivity index (χ3v) is 4.05. The maximum Gasteiger partial charge on any atom is 0.0868 e. The second-order valence-corrected chi connectivity index (χ2v) is 5.57. The van der Waals surface area contributed by atoms with Crippen molar-refractivity contribution >= 4 is 14.3 Å². The van der Waals surface area contributed by atoms with Crippen LogP contribution >= 0.6 is 0 Å². The average Bonchev–Trinajstić information content (AvgIpc) is 2.32. The summed E-state index contributed by atoms with van der Waals surface area (Å²) in [4.78, 5) is 0. The monoisotopic (exact) mass is 222 g/mol. The normalized spacial score (nSPS) is 14.5. The fraction of sp³-hybridized carbons (Fsp3) is 1.00. The minimum atomic E-state index is 0.946. The molecule has 0 bridgehead atoms. The van der Waals surface area contributed by atoms with Crippen molar-refractivity contribution in [3.8, 4) is 0 Å². The third kappa shape index (κ3) is 9.36. The molecule has 0 N–H and O–H groups in total. The van der Waals surface area contributed by atoms with Gasteiger partial charge in [-0.05, 0) is 5.92 Å². The first-order valence-corrected chi connectivity index (χ1v) is 7.74. The van der Waals surface area contributed by atoms with Gasteiger partial charge in [-0.1, -0.05) is 84.8 Å². The summed E-state index contributed by atoms with van der Waals surface area (Å²) < 4.78 is 0. The number of hydrogen-bond acceptors (Lipinski definition) is 0. The highest BCUT2D eigenvalue weighted by Gasteiger charge is 2.06. The largest absolute Gasteiger partial charge is 0.0868 e. The van der Waals surface area contributed by atoms with Crippen LogP contribution in [0.1, 0.15) is 66.2 Å². The Bertz CT molecular complexity index is 137.